The summed E-state index contributed by atoms with van der Waals surface area (Å²) in [4.78, 5) is 17.7. The monoisotopic (exact) mass is 329 g/mol. The molecule has 1 amide bonds. The molecule has 0 aliphatic carbocycles. The Labute approximate surface area is 142 Å². The zero-order chi connectivity index (χ0) is 16.9. The zero-order valence-corrected chi connectivity index (χ0v) is 14.0. The summed E-state index contributed by atoms with van der Waals surface area (Å²) in [5.74, 6) is -0.355. The molecule has 1 aromatic heterocycles. The van der Waals surface area contributed by atoms with Gasteiger partial charge in [-0.2, -0.15) is 0 Å². The van der Waals surface area contributed by atoms with Gasteiger partial charge in [0.15, 0.2) is 0 Å². The summed E-state index contributed by atoms with van der Waals surface area (Å²) in [5.41, 5.74) is 2.24. The number of rotatable bonds is 6. The molecule has 1 unspecified atom stereocenters. The van der Waals surface area contributed by atoms with Crippen LogP contribution in [0.5, 0.6) is 0 Å². The molecule has 5 heteroatoms. The quantitative estimate of drug-likeness (QED) is 0.854. The Hall–Kier alpha value is -2.14. The van der Waals surface area contributed by atoms with Crippen LogP contribution in [0.3, 0.4) is 0 Å². The van der Waals surface area contributed by atoms with Gasteiger partial charge < -0.3 is 10.3 Å². The molecule has 3 rings (SSSR count). The molecular formula is C19H24FN3O. The average Bonchev–Trinajstić information content (AvgIpc) is 3.28. The molecule has 24 heavy (non-hydrogen) atoms. The molecule has 0 saturated carbocycles. The fourth-order valence-corrected chi connectivity index (χ4v) is 3.30. The van der Waals surface area contributed by atoms with Crippen molar-refractivity contribution in [3.8, 4) is 0 Å². The van der Waals surface area contributed by atoms with Gasteiger partial charge in [-0.05, 0) is 50.6 Å². The highest BCUT2D eigenvalue weighted by Crippen LogP contribution is 2.26. The van der Waals surface area contributed by atoms with E-state index >= 15 is 0 Å². The number of nitrogens with one attached hydrogen (secondary N) is 2. The van der Waals surface area contributed by atoms with Gasteiger partial charge in [-0.1, -0.05) is 25.1 Å². The van der Waals surface area contributed by atoms with E-state index in [1.165, 1.54) is 6.07 Å². The van der Waals surface area contributed by atoms with Gasteiger partial charge in [-0.25, -0.2) is 4.39 Å². The molecule has 2 heterocycles. The Morgan fingerprint density at radius 3 is 2.67 bits per heavy atom. The SMILES string of the molecule is CCc1ccc(C(=O)NCC(c2ccccc2F)N2CCCC2)[nH]1. The van der Waals surface area contributed by atoms with Crippen LogP contribution in [-0.4, -0.2) is 35.4 Å². The minimum absolute atomic E-state index is 0.127. The lowest BCUT2D eigenvalue weighted by Crippen LogP contribution is -2.37. The number of aryl methyl sites for hydroxylation is 1. The Bertz CT molecular complexity index is 691. The molecule has 1 aliphatic rings. The normalized spacial score (nSPS) is 16.2. The van der Waals surface area contributed by atoms with Crippen LogP contribution < -0.4 is 5.32 Å². The number of hydrogen-bond donors (Lipinski definition) is 2. The molecule has 0 radical (unpaired) electrons. The first-order chi connectivity index (χ1) is 11.7. The molecule has 2 N–H and O–H groups in total. The van der Waals surface area contributed by atoms with E-state index in [0.717, 1.165) is 38.0 Å². The zero-order valence-electron chi connectivity index (χ0n) is 14.0. The highest BCUT2D eigenvalue weighted by atomic mass is 19.1. The van der Waals surface area contributed by atoms with E-state index < -0.39 is 0 Å². The van der Waals surface area contributed by atoms with Crippen LogP contribution in [0.25, 0.3) is 0 Å². The minimum atomic E-state index is -0.211. The van der Waals surface area contributed by atoms with E-state index in [1.807, 2.05) is 25.1 Å². The minimum Gasteiger partial charge on any atom is -0.354 e. The summed E-state index contributed by atoms with van der Waals surface area (Å²) in [6, 6.07) is 10.4. The summed E-state index contributed by atoms with van der Waals surface area (Å²) in [7, 11) is 0. The predicted molar refractivity (Wildman–Crippen MR) is 92.5 cm³/mol. The highest BCUT2D eigenvalue weighted by molar-refractivity contribution is 5.92. The van der Waals surface area contributed by atoms with Crippen molar-refractivity contribution < 1.29 is 9.18 Å². The van der Waals surface area contributed by atoms with Crippen LogP contribution in [0, 0.1) is 5.82 Å². The van der Waals surface area contributed by atoms with Crippen LogP contribution in [0.4, 0.5) is 4.39 Å². The van der Waals surface area contributed by atoms with Crippen LogP contribution in [0.2, 0.25) is 0 Å². The second-order valence-electron chi connectivity index (χ2n) is 6.24. The topological polar surface area (TPSA) is 48.1 Å². The molecule has 128 valence electrons. The molecule has 1 aromatic carbocycles. The first-order valence-corrected chi connectivity index (χ1v) is 8.63. The number of aromatic amines is 1. The summed E-state index contributed by atoms with van der Waals surface area (Å²) >= 11 is 0. The fraction of sp³-hybridized carbons (Fsp3) is 0.421. The number of benzene rings is 1. The van der Waals surface area contributed by atoms with Gasteiger partial charge >= 0.3 is 0 Å². The van der Waals surface area contributed by atoms with Gasteiger partial charge in [0.05, 0.1) is 6.04 Å². The number of carbonyl (C=O) groups excluding carboxylic acids is 1. The van der Waals surface area contributed by atoms with Gasteiger partial charge in [0.1, 0.15) is 11.5 Å². The van der Waals surface area contributed by atoms with Crippen molar-refractivity contribution >= 4 is 5.91 Å². The van der Waals surface area contributed by atoms with Gasteiger partial charge in [0.25, 0.3) is 5.91 Å². The number of carbonyl (C=O) groups is 1. The Balaban J connectivity index is 1.72. The number of nitrogens with zero attached hydrogens (tertiary/aromatic N) is 1. The largest absolute Gasteiger partial charge is 0.354 e. The van der Waals surface area contributed by atoms with E-state index in [1.54, 1.807) is 12.1 Å². The van der Waals surface area contributed by atoms with Crippen molar-refractivity contribution in [2.75, 3.05) is 19.6 Å². The third-order valence-electron chi connectivity index (χ3n) is 4.67. The number of aromatic nitrogens is 1. The number of likely N-dealkylation sites (tertiary alicyclic amines) is 1. The first-order valence-electron chi connectivity index (χ1n) is 8.63. The smallest absolute Gasteiger partial charge is 0.267 e. The molecule has 1 aliphatic heterocycles. The maximum Gasteiger partial charge on any atom is 0.267 e. The number of amides is 1. The number of hydrogen-bond acceptors (Lipinski definition) is 2. The molecule has 1 fully saturated rings. The second-order valence-corrected chi connectivity index (χ2v) is 6.24. The van der Waals surface area contributed by atoms with Crippen LogP contribution in [0.1, 0.15) is 47.6 Å². The van der Waals surface area contributed by atoms with E-state index in [-0.39, 0.29) is 17.8 Å². The van der Waals surface area contributed by atoms with Crippen molar-refractivity contribution in [2.24, 2.45) is 0 Å². The average molecular weight is 329 g/mol. The van der Waals surface area contributed by atoms with Gasteiger partial charge in [-0.15, -0.1) is 0 Å². The van der Waals surface area contributed by atoms with E-state index in [2.05, 4.69) is 15.2 Å². The maximum absolute atomic E-state index is 14.2. The van der Waals surface area contributed by atoms with Gasteiger partial charge in [0.2, 0.25) is 0 Å². The van der Waals surface area contributed by atoms with Crippen molar-refractivity contribution in [2.45, 2.75) is 32.2 Å². The number of H-pyrrole nitrogens is 1. The van der Waals surface area contributed by atoms with Crippen molar-refractivity contribution in [1.29, 1.82) is 0 Å². The summed E-state index contributed by atoms with van der Waals surface area (Å²) in [5, 5.41) is 2.96. The molecule has 0 bridgehead atoms. The summed E-state index contributed by atoms with van der Waals surface area (Å²) in [6.45, 7) is 4.32. The maximum atomic E-state index is 14.2. The van der Waals surface area contributed by atoms with Crippen LogP contribution in [0.15, 0.2) is 36.4 Å². The Morgan fingerprint density at radius 1 is 1.25 bits per heavy atom. The first kappa shape index (κ1) is 16.7. The lowest BCUT2D eigenvalue weighted by molar-refractivity contribution is 0.0932. The molecular weight excluding hydrogens is 305 g/mol. The van der Waals surface area contributed by atoms with Crippen molar-refractivity contribution in [3.63, 3.8) is 0 Å². The lowest BCUT2D eigenvalue weighted by Gasteiger charge is -2.28. The highest BCUT2D eigenvalue weighted by Gasteiger charge is 2.26. The van der Waals surface area contributed by atoms with Gasteiger partial charge in [0, 0.05) is 17.8 Å². The third-order valence-corrected chi connectivity index (χ3v) is 4.67. The van der Waals surface area contributed by atoms with E-state index in [9.17, 15) is 9.18 Å². The summed E-state index contributed by atoms with van der Waals surface area (Å²) < 4.78 is 14.2. The Morgan fingerprint density at radius 2 is 2.00 bits per heavy atom. The van der Waals surface area contributed by atoms with Crippen LogP contribution in [-0.2, 0) is 6.42 Å². The summed E-state index contributed by atoms with van der Waals surface area (Å²) in [6.07, 6.45) is 3.10. The van der Waals surface area contributed by atoms with E-state index in [0.29, 0.717) is 17.8 Å². The van der Waals surface area contributed by atoms with Gasteiger partial charge in [-0.3, -0.25) is 9.69 Å². The second kappa shape index (κ2) is 7.62. The third kappa shape index (κ3) is 3.67. The lowest BCUT2D eigenvalue weighted by atomic mass is 10.0. The standard InChI is InChI=1S/C19H24FN3O/c1-2-14-9-10-17(22-14)19(24)21-13-18(23-11-5-6-12-23)15-7-3-4-8-16(15)20/h3-4,7-10,18,22H,2,5-6,11-13H2,1H3,(H,21,24). The van der Waals surface area contributed by atoms with Crippen molar-refractivity contribution in [3.05, 3.63) is 59.2 Å². The molecule has 2 aromatic rings. The molecule has 4 nitrogen and oxygen atoms in total. The van der Waals surface area contributed by atoms with E-state index in [4.69, 9.17) is 0 Å². The molecule has 0 spiro atoms. The predicted octanol–water partition coefficient (Wildman–Crippen LogP) is 3.28. The van der Waals surface area contributed by atoms with Crippen LogP contribution >= 0.6 is 0 Å². The molecule has 1 saturated heterocycles. The Kier molecular flexibility index (Phi) is 5.30. The fourth-order valence-electron chi connectivity index (χ4n) is 3.30. The molecule has 1 atom stereocenters. The van der Waals surface area contributed by atoms with Crippen molar-refractivity contribution in [1.82, 2.24) is 15.2 Å². The number of halogens is 1.